The van der Waals surface area contributed by atoms with Gasteiger partial charge in [-0.2, -0.15) is 5.26 Å². The van der Waals surface area contributed by atoms with Crippen molar-refractivity contribution in [1.29, 1.82) is 5.26 Å². The average Bonchev–Trinajstić information content (AvgIpc) is 2.39. The molecule has 0 aromatic heterocycles. The van der Waals surface area contributed by atoms with E-state index in [9.17, 15) is 5.11 Å². The molecule has 0 aliphatic carbocycles. The lowest BCUT2D eigenvalue weighted by atomic mass is 10.0. The molecule has 0 heterocycles. The third kappa shape index (κ3) is 2.55. The highest BCUT2D eigenvalue weighted by Crippen LogP contribution is 2.28. The number of hydrogen-bond acceptors (Lipinski definition) is 2. The maximum absolute atomic E-state index is 10.2. The lowest BCUT2D eigenvalue weighted by molar-refractivity contribution is 0.219. The highest BCUT2D eigenvalue weighted by molar-refractivity contribution is 9.10. The van der Waals surface area contributed by atoms with Crippen LogP contribution < -0.4 is 0 Å². The van der Waals surface area contributed by atoms with Crippen LogP contribution in [0.1, 0.15) is 22.8 Å². The van der Waals surface area contributed by atoms with Crippen LogP contribution in [0.2, 0.25) is 0 Å². The zero-order valence-electron chi connectivity index (χ0n) is 8.97. The fraction of sp³-hybridized carbons (Fsp3) is 0.0714. The van der Waals surface area contributed by atoms with Gasteiger partial charge in [0.05, 0.1) is 11.6 Å². The molecule has 0 saturated heterocycles. The number of benzene rings is 2. The topological polar surface area (TPSA) is 44.0 Å². The average molecular weight is 288 g/mol. The Bertz CT molecular complexity index is 557. The van der Waals surface area contributed by atoms with Gasteiger partial charge >= 0.3 is 0 Å². The normalized spacial score (nSPS) is 11.8. The Morgan fingerprint density at radius 3 is 2.29 bits per heavy atom. The molecule has 0 saturated carbocycles. The number of halogens is 1. The summed E-state index contributed by atoms with van der Waals surface area (Å²) in [5.41, 5.74) is 2.18. The molecular formula is C14H10BrNO. The van der Waals surface area contributed by atoms with E-state index in [1.54, 1.807) is 24.3 Å². The Morgan fingerprint density at radius 2 is 1.71 bits per heavy atom. The zero-order chi connectivity index (χ0) is 12.3. The molecule has 17 heavy (non-hydrogen) atoms. The van der Waals surface area contributed by atoms with Gasteiger partial charge in [-0.1, -0.05) is 46.3 Å². The van der Waals surface area contributed by atoms with Gasteiger partial charge in [-0.05, 0) is 29.3 Å². The molecule has 3 heteroatoms. The first kappa shape index (κ1) is 11.8. The Hall–Kier alpha value is -1.63. The fourth-order valence-corrected chi connectivity index (χ4v) is 2.12. The summed E-state index contributed by atoms with van der Waals surface area (Å²) < 4.78 is 0.872. The van der Waals surface area contributed by atoms with Crippen LogP contribution in [0.3, 0.4) is 0 Å². The molecule has 0 spiro atoms. The van der Waals surface area contributed by atoms with E-state index in [2.05, 4.69) is 22.0 Å². The summed E-state index contributed by atoms with van der Waals surface area (Å²) in [4.78, 5) is 0. The van der Waals surface area contributed by atoms with Crippen molar-refractivity contribution >= 4 is 15.9 Å². The van der Waals surface area contributed by atoms with Crippen molar-refractivity contribution in [2.24, 2.45) is 0 Å². The summed E-state index contributed by atoms with van der Waals surface area (Å²) >= 11 is 3.41. The van der Waals surface area contributed by atoms with Gasteiger partial charge in [-0.15, -0.1) is 0 Å². The first-order valence-electron chi connectivity index (χ1n) is 5.15. The zero-order valence-corrected chi connectivity index (χ0v) is 10.6. The molecule has 2 nitrogen and oxygen atoms in total. The minimum atomic E-state index is -0.682. The molecule has 1 unspecified atom stereocenters. The SMILES string of the molecule is N#Cc1ccc(C(O)c2ccccc2Br)cc1. The van der Waals surface area contributed by atoms with Gasteiger partial charge in [0.25, 0.3) is 0 Å². The molecule has 0 amide bonds. The third-order valence-corrected chi connectivity index (χ3v) is 3.28. The molecular weight excluding hydrogens is 278 g/mol. The van der Waals surface area contributed by atoms with E-state index in [1.165, 1.54) is 0 Å². The van der Waals surface area contributed by atoms with Gasteiger partial charge in [0.1, 0.15) is 6.10 Å². The standard InChI is InChI=1S/C14H10BrNO/c15-13-4-2-1-3-12(13)14(17)11-7-5-10(9-16)6-8-11/h1-8,14,17H. The summed E-state index contributed by atoms with van der Waals surface area (Å²) in [6.07, 6.45) is -0.682. The van der Waals surface area contributed by atoms with Crippen molar-refractivity contribution < 1.29 is 5.11 Å². The van der Waals surface area contributed by atoms with Crippen LogP contribution in [0.4, 0.5) is 0 Å². The van der Waals surface area contributed by atoms with Gasteiger partial charge in [-0.3, -0.25) is 0 Å². The molecule has 1 N–H and O–H groups in total. The van der Waals surface area contributed by atoms with E-state index in [1.807, 2.05) is 24.3 Å². The maximum Gasteiger partial charge on any atom is 0.105 e. The Morgan fingerprint density at radius 1 is 1.06 bits per heavy atom. The number of aliphatic hydroxyl groups excluding tert-OH is 1. The number of nitrogens with zero attached hydrogens (tertiary/aromatic N) is 1. The highest BCUT2D eigenvalue weighted by Gasteiger charge is 2.12. The van der Waals surface area contributed by atoms with Gasteiger partial charge in [-0.25, -0.2) is 0 Å². The minimum absolute atomic E-state index is 0.591. The first-order chi connectivity index (χ1) is 8.22. The lowest BCUT2D eigenvalue weighted by Crippen LogP contribution is -2.00. The van der Waals surface area contributed by atoms with Gasteiger partial charge in [0, 0.05) is 4.47 Å². The minimum Gasteiger partial charge on any atom is -0.384 e. The predicted octanol–water partition coefficient (Wildman–Crippen LogP) is 3.40. The van der Waals surface area contributed by atoms with Crippen molar-refractivity contribution in [3.8, 4) is 6.07 Å². The van der Waals surface area contributed by atoms with E-state index in [-0.39, 0.29) is 0 Å². The second kappa shape index (κ2) is 5.13. The number of hydrogen-bond donors (Lipinski definition) is 1. The number of rotatable bonds is 2. The quantitative estimate of drug-likeness (QED) is 0.920. The van der Waals surface area contributed by atoms with Gasteiger partial charge in [0.15, 0.2) is 0 Å². The lowest BCUT2D eigenvalue weighted by Gasteiger charge is -2.13. The Kier molecular flexibility index (Phi) is 3.58. The molecule has 0 radical (unpaired) electrons. The van der Waals surface area contributed by atoms with Crippen LogP contribution in [0.15, 0.2) is 53.0 Å². The van der Waals surface area contributed by atoms with Crippen LogP contribution in [0, 0.1) is 11.3 Å². The smallest absolute Gasteiger partial charge is 0.105 e. The molecule has 0 aliphatic heterocycles. The van der Waals surface area contributed by atoms with E-state index in [0.717, 1.165) is 15.6 Å². The van der Waals surface area contributed by atoms with Crippen molar-refractivity contribution in [1.82, 2.24) is 0 Å². The summed E-state index contributed by atoms with van der Waals surface area (Å²) in [6.45, 7) is 0. The Labute approximate surface area is 108 Å². The third-order valence-electron chi connectivity index (χ3n) is 2.56. The summed E-state index contributed by atoms with van der Waals surface area (Å²) in [6, 6.07) is 16.5. The molecule has 0 aliphatic rings. The summed E-state index contributed by atoms with van der Waals surface area (Å²) in [7, 11) is 0. The summed E-state index contributed by atoms with van der Waals surface area (Å²) in [5, 5.41) is 18.9. The number of aliphatic hydroxyl groups is 1. The first-order valence-corrected chi connectivity index (χ1v) is 5.94. The van der Waals surface area contributed by atoms with Crippen LogP contribution in [-0.4, -0.2) is 5.11 Å². The second-order valence-electron chi connectivity index (χ2n) is 3.66. The molecule has 2 aromatic rings. The van der Waals surface area contributed by atoms with Crippen molar-refractivity contribution in [3.63, 3.8) is 0 Å². The Balaban J connectivity index is 2.34. The predicted molar refractivity (Wildman–Crippen MR) is 69.4 cm³/mol. The van der Waals surface area contributed by atoms with Crippen LogP contribution in [-0.2, 0) is 0 Å². The number of nitriles is 1. The molecule has 1 atom stereocenters. The maximum atomic E-state index is 10.2. The largest absolute Gasteiger partial charge is 0.384 e. The monoisotopic (exact) mass is 287 g/mol. The van der Waals surface area contributed by atoms with Gasteiger partial charge < -0.3 is 5.11 Å². The van der Waals surface area contributed by atoms with E-state index >= 15 is 0 Å². The van der Waals surface area contributed by atoms with Gasteiger partial charge in [0.2, 0.25) is 0 Å². The second-order valence-corrected chi connectivity index (χ2v) is 4.51. The van der Waals surface area contributed by atoms with E-state index < -0.39 is 6.10 Å². The van der Waals surface area contributed by atoms with Crippen LogP contribution >= 0.6 is 15.9 Å². The van der Waals surface area contributed by atoms with Crippen LogP contribution in [0.5, 0.6) is 0 Å². The molecule has 0 bridgehead atoms. The molecule has 2 aromatic carbocycles. The molecule has 84 valence electrons. The van der Waals surface area contributed by atoms with Crippen molar-refractivity contribution in [3.05, 3.63) is 69.7 Å². The molecule has 0 fully saturated rings. The molecule has 2 rings (SSSR count). The van der Waals surface area contributed by atoms with Crippen molar-refractivity contribution in [2.75, 3.05) is 0 Å². The van der Waals surface area contributed by atoms with E-state index in [0.29, 0.717) is 5.56 Å². The van der Waals surface area contributed by atoms with E-state index in [4.69, 9.17) is 5.26 Å². The highest BCUT2D eigenvalue weighted by atomic mass is 79.9. The van der Waals surface area contributed by atoms with Crippen molar-refractivity contribution in [2.45, 2.75) is 6.10 Å². The van der Waals surface area contributed by atoms with Crippen LogP contribution in [0.25, 0.3) is 0 Å². The fourth-order valence-electron chi connectivity index (χ4n) is 1.62. The summed E-state index contributed by atoms with van der Waals surface area (Å²) in [5.74, 6) is 0.